The Balaban J connectivity index is 2.55. The number of carbonyl (C=O) groups excluding carboxylic acids is 1. The zero-order valence-electron chi connectivity index (χ0n) is 8.29. The molecular formula is C10H10F3N2O. The van der Waals surface area contributed by atoms with E-state index >= 15 is 0 Å². The summed E-state index contributed by atoms with van der Waals surface area (Å²) in [6, 6.07) is 2.20. The Labute approximate surface area is 90.5 Å². The average Bonchev–Trinajstić information content (AvgIpc) is 2.16. The highest BCUT2D eigenvalue weighted by atomic mass is 19.4. The third-order valence-corrected chi connectivity index (χ3v) is 1.85. The largest absolute Gasteiger partial charge is 0.433 e. The van der Waals surface area contributed by atoms with Gasteiger partial charge in [-0.25, -0.2) is 0 Å². The van der Waals surface area contributed by atoms with Crippen molar-refractivity contribution in [3.63, 3.8) is 0 Å². The molecule has 1 aromatic heterocycles. The van der Waals surface area contributed by atoms with E-state index in [1.165, 1.54) is 6.07 Å². The van der Waals surface area contributed by atoms with Gasteiger partial charge in [0, 0.05) is 12.6 Å². The van der Waals surface area contributed by atoms with Crippen LogP contribution in [0.3, 0.4) is 0 Å². The Hall–Kier alpha value is -1.59. The zero-order chi connectivity index (χ0) is 12.2. The summed E-state index contributed by atoms with van der Waals surface area (Å²) in [5.74, 6) is -0.448. The van der Waals surface area contributed by atoms with Gasteiger partial charge in [0.05, 0.1) is 0 Å². The van der Waals surface area contributed by atoms with Crippen molar-refractivity contribution in [1.29, 1.82) is 0 Å². The summed E-state index contributed by atoms with van der Waals surface area (Å²) in [7, 11) is 0. The molecule has 0 aliphatic heterocycles. The van der Waals surface area contributed by atoms with Crippen molar-refractivity contribution in [3.05, 3.63) is 36.0 Å². The second-order valence-electron chi connectivity index (χ2n) is 3.18. The van der Waals surface area contributed by atoms with Crippen LogP contribution in [0.5, 0.6) is 0 Å². The molecule has 2 N–H and O–H groups in total. The first-order valence-electron chi connectivity index (χ1n) is 4.54. The molecule has 6 heteroatoms. The number of carbonyl (C=O) groups is 1. The zero-order valence-corrected chi connectivity index (χ0v) is 8.29. The van der Waals surface area contributed by atoms with Crippen molar-refractivity contribution in [2.24, 2.45) is 5.73 Å². The maximum Gasteiger partial charge on any atom is 0.433 e. The van der Waals surface area contributed by atoms with E-state index in [1.54, 1.807) is 6.42 Å². The Morgan fingerprint density at radius 2 is 2.12 bits per heavy atom. The van der Waals surface area contributed by atoms with Gasteiger partial charge in [0.15, 0.2) is 0 Å². The number of amides is 1. The smallest absolute Gasteiger partial charge is 0.370 e. The van der Waals surface area contributed by atoms with E-state index in [-0.39, 0.29) is 6.42 Å². The van der Waals surface area contributed by atoms with Gasteiger partial charge in [-0.05, 0) is 24.5 Å². The van der Waals surface area contributed by atoms with Crippen molar-refractivity contribution < 1.29 is 18.0 Å². The monoisotopic (exact) mass is 231 g/mol. The molecule has 1 heterocycles. The van der Waals surface area contributed by atoms with Crippen LogP contribution in [0.4, 0.5) is 13.2 Å². The second-order valence-corrected chi connectivity index (χ2v) is 3.18. The minimum absolute atomic E-state index is 0.168. The molecule has 1 aromatic rings. The Morgan fingerprint density at radius 3 is 2.56 bits per heavy atom. The van der Waals surface area contributed by atoms with Gasteiger partial charge in [0.25, 0.3) is 0 Å². The number of halogens is 3. The minimum Gasteiger partial charge on any atom is -0.370 e. The lowest BCUT2D eigenvalue weighted by Crippen LogP contribution is -2.10. The summed E-state index contributed by atoms with van der Waals surface area (Å²) >= 11 is 0. The first-order chi connectivity index (χ1) is 7.39. The number of alkyl halides is 3. The molecule has 0 unspecified atom stereocenters. The fraction of sp³-hybridized carbons (Fsp3) is 0.300. The minimum atomic E-state index is -4.42. The SMILES string of the molecule is NC(=O)CC[CH]c1ccc(C(F)(F)F)nc1. The molecule has 1 amide bonds. The number of hydrogen-bond donors (Lipinski definition) is 1. The predicted octanol–water partition coefficient (Wildman–Crippen LogP) is 1.92. The van der Waals surface area contributed by atoms with Gasteiger partial charge in [-0.1, -0.05) is 6.07 Å². The van der Waals surface area contributed by atoms with Crippen LogP contribution in [0.1, 0.15) is 24.1 Å². The van der Waals surface area contributed by atoms with E-state index in [4.69, 9.17) is 5.73 Å². The fourth-order valence-electron chi connectivity index (χ4n) is 1.07. The normalized spacial score (nSPS) is 11.4. The van der Waals surface area contributed by atoms with Crippen molar-refractivity contribution in [2.75, 3.05) is 0 Å². The number of primary amides is 1. The van der Waals surface area contributed by atoms with Gasteiger partial charge in [-0.15, -0.1) is 0 Å². The molecule has 87 valence electrons. The highest BCUT2D eigenvalue weighted by Gasteiger charge is 2.31. The van der Waals surface area contributed by atoms with Crippen molar-refractivity contribution in [2.45, 2.75) is 19.0 Å². The molecule has 16 heavy (non-hydrogen) atoms. The third kappa shape index (κ3) is 3.88. The van der Waals surface area contributed by atoms with E-state index in [9.17, 15) is 18.0 Å². The lowest BCUT2D eigenvalue weighted by atomic mass is 10.1. The van der Waals surface area contributed by atoms with Crippen LogP contribution in [-0.2, 0) is 11.0 Å². The highest BCUT2D eigenvalue weighted by Crippen LogP contribution is 2.27. The lowest BCUT2D eigenvalue weighted by molar-refractivity contribution is -0.141. The summed E-state index contributed by atoms with van der Waals surface area (Å²) in [4.78, 5) is 13.7. The summed E-state index contributed by atoms with van der Waals surface area (Å²) in [5.41, 5.74) is 4.52. The second kappa shape index (κ2) is 4.96. The summed E-state index contributed by atoms with van der Waals surface area (Å²) < 4.78 is 36.4. The first kappa shape index (κ1) is 12.5. The molecular weight excluding hydrogens is 221 g/mol. The molecule has 0 aromatic carbocycles. The highest BCUT2D eigenvalue weighted by molar-refractivity contribution is 5.73. The van der Waals surface area contributed by atoms with Crippen LogP contribution in [0.15, 0.2) is 18.3 Å². The summed E-state index contributed by atoms with van der Waals surface area (Å²) in [6.07, 6.45) is -1.14. The van der Waals surface area contributed by atoms with Crippen LogP contribution in [0.2, 0.25) is 0 Å². The molecule has 0 saturated heterocycles. The molecule has 0 aliphatic rings. The van der Waals surface area contributed by atoms with Crippen molar-refractivity contribution >= 4 is 5.91 Å². The van der Waals surface area contributed by atoms with Crippen LogP contribution in [0, 0.1) is 6.42 Å². The Morgan fingerprint density at radius 1 is 1.44 bits per heavy atom. The molecule has 1 rings (SSSR count). The number of rotatable bonds is 4. The van der Waals surface area contributed by atoms with Crippen molar-refractivity contribution in [1.82, 2.24) is 4.98 Å². The average molecular weight is 231 g/mol. The van der Waals surface area contributed by atoms with E-state index in [1.807, 2.05) is 0 Å². The van der Waals surface area contributed by atoms with E-state index in [0.29, 0.717) is 12.0 Å². The number of nitrogens with two attached hydrogens (primary N) is 1. The molecule has 0 fully saturated rings. The maximum atomic E-state index is 12.1. The third-order valence-electron chi connectivity index (χ3n) is 1.85. The van der Waals surface area contributed by atoms with Gasteiger partial charge in [-0.2, -0.15) is 13.2 Å². The predicted molar refractivity (Wildman–Crippen MR) is 51.1 cm³/mol. The number of aromatic nitrogens is 1. The maximum absolute atomic E-state index is 12.1. The fourth-order valence-corrected chi connectivity index (χ4v) is 1.07. The quantitative estimate of drug-likeness (QED) is 0.860. The summed E-state index contributed by atoms with van der Waals surface area (Å²) in [5, 5.41) is 0. The van der Waals surface area contributed by atoms with E-state index in [2.05, 4.69) is 4.98 Å². The molecule has 0 atom stereocenters. The van der Waals surface area contributed by atoms with Gasteiger partial charge in [0.2, 0.25) is 5.91 Å². The van der Waals surface area contributed by atoms with Gasteiger partial charge in [0.1, 0.15) is 5.69 Å². The topological polar surface area (TPSA) is 56.0 Å². The van der Waals surface area contributed by atoms with Crippen LogP contribution in [-0.4, -0.2) is 10.9 Å². The molecule has 0 aliphatic carbocycles. The van der Waals surface area contributed by atoms with Crippen LogP contribution >= 0.6 is 0 Å². The molecule has 3 nitrogen and oxygen atoms in total. The molecule has 0 spiro atoms. The van der Waals surface area contributed by atoms with Gasteiger partial charge >= 0.3 is 6.18 Å². The molecule has 0 bridgehead atoms. The van der Waals surface area contributed by atoms with Gasteiger partial charge < -0.3 is 5.73 Å². The Bertz CT molecular complexity index is 359. The number of pyridine rings is 1. The first-order valence-corrected chi connectivity index (χ1v) is 4.54. The Kier molecular flexibility index (Phi) is 3.87. The van der Waals surface area contributed by atoms with Crippen LogP contribution in [0.25, 0.3) is 0 Å². The van der Waals surface area contributed by atoms with E-state index in [0.717, 1.165) is 12.3 Å². The van der Waals surface area contributed by atoms with E-state index < -0.39 is 17.8 Å². The molecule has 1 radical (unpaired) electrons. The number of nitrogens with zero attached hydrogens (tertiary/aromatic N) is 1. The molecule has 0 saturated carbocycles. The summed E-state index contributed by atoms with van der Waals surface area (Å²) in [6.45, 7) is 0. The van der Waals surface area contributed by atoms with Gasteiger partial charge in [-0.3, -0.25) is 9.78 Å². The standard InChI is InChI=1S/C10H10F3N2O/c11-10(12,13)8-5-4-7(6-15-8)2-1-3-9(14)16/h2,4-6H,1,3H2,(H2,14,16). The lowest BCUT2D eigenvalue weighted by Gasteiger charge is -2.05. The van der Waals surface area contributed by atoms with Crippen LogP contribution < -0.4 is 5.73 Å². The van der Waals surface area contributed by atoms with Crippen molar-refractivity contribution in [3.8, 4) is 0 Å². The number of hydrogen-bond acceptors (Lipinski definition) is 2.